The zero-order valence-electron chi connectivity index (χ0n) is 14.9. The first kappa shape index (κ1) is 21.0. The molecule has 0 bridgehead atoms. The van der Waals surface area contributed by atoms with Crippen LogP contribution in [0.2, 0.25) is 0 Å². The van der Waals surface area contributed by atoms with Crippen LogP contribution in [-0.2, 0) is 6.42 Å². The lowest BCUT2D eigenvalue weighted by Crippen LogP contribution is -2.49. The molecule has 2 rings (SSSR count). The summed E-state index contributed by atoms with van der Waals surface area (Å²) in [4.78, 5) is 6.79. The monoisotopic (exact) mass is 442 g/mol. The fourth-order valence-electron chi connectivity index (χ4n) is 2.91. The van der Waals surface area contributed by atoms with Gasteiger partial charge in [-0.05, 0) is 31.7 Å². The highest BCUT2D eigenvalue weighted by atomic mass is 127. The summed E-state index contributed by atoms with van der Waals surface area (Å²) in [6.07, 6.45) is 5.32. The molecular formula is C19H31IN4. The van der Waals surface area contributed by atoms with E-state index in [0.29, 0.717) is 6.04 Å². The number of aliphatic imine (C=N–C) groups is 1. The van der Waals surface area contributed by atoms with Crippen LogP contribution in [0, 0.1) is 6.92 Å². The van der Waals surface area contributed by atoms with Crippen LogP contribution < -0.4 is 10.6 Å². The summed E-state index contributed by atoms with van der Waals surface area (Å²) >= 11 is 0. The Bertz CT molecular complexity index is 505. The molecule has 1 fully saturated rings. The van der Waals surface area contributed by atoms with Gasteiger partial charge >= 0.3 is 0 Å². The van der Waals surface area contributed by atoms with Crippen LogP contribution in [0.5, 0.6) is 0 Å². The Labute approximate surface area is 163 Å². The number of nitrogens with one attached hydrogen (secondary N) is 2. The second-order valence-electron chi connectivity index (χ2n) is 6.24. The van der Waals surface area contributed by atoms with Gasteiger partial charge in [0.15, 0.2) is 5.96 Å². The van der Waals surface area contributed by atoms with Crippen LogP contribution in [0.15, 0.2) is 41.9 Å². The standard InChI is InChI=1S/C19H30N4.HI/c1-4-13-23-14-10-18(11-15-23)22-19(20-3)21-12-9-17-7-5-16(2)6-8-17;/h4-8,18H,1,9-15H2,2-3H3,(H2,20,21,22);1H. The molecule has 0 saturated carbocycles. The van der Waals surface area contributed by atoms with Crippen molar-refractivity contribution in [3.05, 3.63) is 48.0 Å². The predicted octanol–water partition coefficient (Wildman–Crippen LogP) is 2.97. The van der Waals surface area contributed by atoms with Crippen LogP contribution in [-0.4, -0.2) is 50.1 Å². The third-order valence-corrected chi connectivity index (χ3v) is 4.37. The Morgan fingerprint density at radius 1 is 1.29 bits per heavy atom. The smallest absolute Gasteiger partial charge is 0.191 e. The first-order valence-corrected chi connectivity index (χ1v) is 8.57. The highest BCUT2D eigenvalue weighted by Gasteiger charge is 2.18. The largest absolute Gasteiger partial charge is 0.356 e. The van der Waals surface area contributed by atoms with E-state index in [2.05, 4.69) is 58.3 Å². The van der Waals surface area contributed by atoms with E-state index in [-0.39, 0.29) is 24.0 Å². The van der Waals surface area contributed by atoms with Gasteiger partial charge in [-0.3, -0.25) is 9.89 Å². The van der Waals surface area contributed by atoms with Crippen molar-refractivity contribution in [1.29, 1.82) is 0 Å². The number of rotatable bonds is 6. The molecule has 4 nitrogen and oxygen atoms in total. The highest BCUT2D eigenvalue weighted by molar-refractivity contribution is 14.0. The van der Waals surface area contributed by atoms with Gasteiger partial charge in [0.25, 0.3) is 0 Å². The van der Waals surface area contributed by atoms with Crippen molar-refractivity contribution in [3.63, 3.8) is 0 Å². The SMILES string of the molecule is C=CCN1CCC(NC(=NC)NCCc2ccc(C)cc2)CC1.I. The zero-order chi connectivity index (χ0) is 16.5. The van der Waals surface area contributed by atoms with E-state index in [9.17, 15) is 0 Å². The second kappa shape index (κ2) is 11.5. The van der Waals surface area contributed by atoms with E-state index in [4.69, 9.17) is 0 Å². The van der Waals surface area contributed by atoms with Crippen molar-refractivity contribution in [2.75, 3.05) is 33.2 Å². The van der Waals surface area contributed by atoms with Gasteiger partial charge in [-0.15, -0.1) is 30.6 Å². The molecule has 1 aromatic rings. The summed E-state index contributed by atoms with van der Waals surface area (Å²) in [5, 5.41) is 6.98. The van der Waals surface area contributed by atoms with Crippen molar-refractivity contribution in [1.82, 2.24) is 15.5 Å². The third-order valence-electron chi connectivity index (χ3n) is 4.37. The maximum atomic E-state index is 4.35. The van der Waals surface area contributed by atoms with Gasteiger partial charge in [0.2, 0.25) is 0 Å². The molecule has 1 aliphatic rings. The summed E-state index contributed by atoms with van der Waals surface area (Å²) in [5.41, 5.74) is 2.67. The van der Waals surface area contributed by atoms with Crippen LogP contribution in [0.25, 0.3) is 0 Å². The fraction of sp³-hybridized carbons (Fsp3) is 0.526. The molecule has 0 aliphatic carbocycles. The van der Waals surface area contributed by atoms with Gasteiger partial charge in [0, 0.05) is 39.3 Å². The van der Waals surface area contributed by atoms with Crippen molar-refractivity contribution >= 4 is 29.9 Å². The maximum Gasteiger partial charge on any atom is 0.191 e. The van der Waals surface area contributed by atoms with E-state index in [1.54, 1.807) is 0 Å². The molecule has 1 aliphatic heterocycles. The van der Waals surface area contributed by atoms with Gasteiger partial charge in [-0.1, -0.05) is 35.9 Å². The number of hydrogen-bond acceptors (Lipinski definition) is 2. The molecule has 0 amide bonds. The van der Waals surface area contributed by atoms with Crippen LogP contribution in [0.1, 0.15) is 24.0 Å². The average molecular weight is 442 g/mol. The topological polar surface area (TPSA) is 39.7 Å². The van der Waals surface area contributed by atoms with E-state index in [1.165, 1.54) is 11.1 Å². The first-order chi connectivity index (χ1) is 11.2. The Balaban J connectivity index is 0.00000288. The first-order valence-electron chi connectivity index (χ1n) is 8.57. The minimum Gasteiger partial charge on any atom is -0.356 e. The van der Waals surface area contributed by atoms with Crippen LogP contribution in [0.3, 0.4) is 0 Å². The summed E-state index contributed by atoms with van der Waals surface area (Å²) in [6.45, 7) is 10.1. The molecule has 0 aromatic heterocycles. The molecular weight excluding hydrogens is 411 g/mol. The molecule has 134 valence electrons. The fourth-order valence-corrected chi connectivity index (χ4v) is 2.91. The van der Waals surface area contributed by atoms with Gasteiger partial charge < -0.3 is 10.6 Å². The van der Waals surface area contributed by atoms with Gasteiger partial charge in [-0.2, -0.15) is 0 Å². The Kier molecular flexibility index (Phi) is 10.0. The minimum atomic E-state index is 0. The van der Waals surface area contributed by atoms with Gasteiger partial charge in [0.1, 0.15) is 0 Å². The Morgan fingerprint density at radius 2 is 1.96 bits per heavy atom. The molecule has 2 N–H and O–H groups in total. The molecule has 5 heteroatoms. The lowest BCUT2D eigenvalue weighted by Gasteiger charge is -2.32. The molecule has 0 unspecified atom stereocenters. The lowest BCUT2D eigenvalue weighted by atomic mass is 10.1. The molecule has 0 atom stereocenters. The Morgan fingerprint density at radius 3 is 2.54 bits per heavy atom. The van der Waals surface area contributed by atoms with Gasteiger partial charge in [-0.25, -0.2) is 0 Å². The average Bonchev–Trinajstić information content (AvgIpc) is 2.57. The number of nitrogens with zero attached hydrogens (tertiary/aromatic N) is 2. The number of guanidine groups is 1. The Hall–Kier alpha value is -1.08. The number of hydrogen-bond donors (Lipinski definition) is 2. The molecule has 1 saturated heterocycles. The summed E-state index contributed by atoms with van der Waals surface area (Å²) in [7, 11) is 1.84. The quantitative estimate of drug-likeness (QED) is 0.308. The minimum absolute atomic E-state index is 0. The molecule has 1 aromatic carbocycles. The van der Waals surface area contributed by atoms with Crippen molar-refractivity contribution in [2.45, 2.75) is 32.2 Å². The van der Waals surface area contributed by atoms with Crippen molar-refractivity contribution < 1.29 is 0 Å². The summed E-state index contributed by atoms with van der Waals surface area (Å²) in [6, 6.07) is 9.24. The summed E-state index contributed by atoms with van der Waals surface area (Å²) in [5.74, 6) is 0.916. The normalized spacial score (nSPS) is 16.3. The van der Waals surface area contributed by atoms with E-state index in [0.717, 1.165) is 51.4 Å². The number of aryl methyl sites for hydroxylation is 1. The van der Waals surface area contributed by atoms with Gasteiger partial charge in [0.05, 0.1) is 0 Å². The third kappa shape index (κ3) is 7.21. The molecule has 0 spiro atoms. The summed E-state index contributed by atoms with van der Waals surface area (Å²) < 4.78 is 0. The molecule has 1 heterocycles. The maximum absolute atomic E-state index is 4.35. The van der Waals surface area contributed by atoms with E-state index >= 15 is 0 Å². The lowest BCUT2D eigenvalue weighted by molar-refractivity contribution is 0.225. The second-order valence-corrected chi connectivity index (χ2v) is 6.24. The van der Waals surface area contributed by atoms with Crippen LogP contribution in [0.4, 0.5) is 0 Å². The van der Waals surface area contributed by atoms with E-state index < -0.39 is 0 Å². The zero-order valence-corrected chi connectivity index (χ0v) is 17.3. The van der Waals surface area contributed by atoms with Crippen molar-refractivity contribution in [2.24, 2.45) is 4.99 Å². The predicted molar refractivity (Wildman–Crippen MR) is 114 cm³/mol. The molecule has 24 heavy (non-hydrogen) atoms. The van der Waals surface area contributed by atoms with Crippen molar-refractivity contribution in [3.8, 4) is 0 Å². The number of likely N-dealkylation sites (tertiary alicyclic amines) is 1. The highest BCUT2D eigenvalue weighted by Crippen LogP contribution is 2.10. The van der Waals surface area contributed by atoms with Crippen LogP contribution >= 0.6 is 24.0 Å². The number of piperidine rings is 1. The molecule has 0 radical (unpaired) electrons. The number of benzene rings is 1. The van der Waals surface area contributed by atoms with E-state index in [1.807, 2.05) is 13.1 Å². The number of halogens is 1.